The second-order valence-electron chi connectivity index (χ2n) is 9.56. The van der Waals surface area contributed by atoms with Gasteiger partial charge in [-0.25, -0.2) is 8.78 Å². The summed E-state index contributed by atoms with van der Waals surface area (Å²) in [5.41, 5.74) is 2.69. The van der Waals surface area contributed by atoms with Crippen molar-refractivity contribution in [1.82, 2.24) is 0 Å². The topological polar surface area (TPSA) is 0 Å². The molecule has 0 amide bonds. The van der Waals surface area contributed by atoms with Gasteiger partial charge in [0, 0.05) is 12.3 Å². The van der Waals surface area contributed by atoms with Crippen molar-refractivity contribution in [1.29, 1.82) is 0 Å². The summed E-state index contributed by atoms with van der Waals surface area (Å²) in [5.74, 6) is -0.793. The van der Waals surface area contributed by atoms with Crippen LogP contribution in [0.5, 0.6) is 0 Å². The highest BCUT2D eigenvalue weighted by Gasteiger charge is 2.42. The molecule has 2 aliphatic carbocycles. The molecule has 0 aromatic rings. The third-order valence-corrected chi connectivity index (χ3v) is 6.97. The molecule has 2 aliphatic rings. The van der Waals surface area contributed by atoms with E-state index in [0.29, 0.717) is 24.3 Å². The van der Waals surface area contributed by atoms with E-state index in [-0.39, 0.29) is 6.42 Å². The van der Waals surface area contributed by atoms with Crippen molar-refractivity contribution in [2.24, 2.45) is 23.7 Å². The maximum atomic E-state index is 14.9. The Morgan fingerprint density at radius 2 is 1.46 bits per heavy atom. The fourth-order valence-electron chi connectivity index (χ4n) is 5.11. The van der Waals surface area contributed by atoms with E-state index in [0.717, 1.165) is 42.2 Å². The van der Waals surface area contributed by atoms with Crippen LogP contribution in [0.3, 0.4) is 0 Å². The van der Waals surface area contributed by atoms with Gasteiger partial charge in [-0.05, 0) is 87.7 Å². The molecular formula is C26H40F2. The zero-order valence-corrected chi connectivity index (χ0v) is 18.3. The first-order valence-corrected chi connectivity index (χ1v) is 11.2. The lowest BCUT2D eigenvalue weighted by Crippen LogP contribution is -2.34. The zero-order valence-electron chi connectivity index (χ0n) is 18.3. The minimum atomic E-state index is -2.64. The van der Waals surface area contributed by atoms with Crippen molar-refractivity contribution in [3.8, 4) is 0 Å². The van der Waals surface area contributed by atoms with Gasteiger partial charge in [-0.15, -0.1) is 0 Å². The van der Waals surface area contributed by atoms with Crippen LogP contribution in [-0.2, 0) is 0 Å². The first-order chi connectivity index (χ1) is 13.2. The van der Waals surface area contributed by atoms with Gasteiger partial charge in [-0.1, -0.05) is 56.7 Å². The number of allylic oxidation sites excluding steroid dienone is 6. The van der Waals surface area contributed by atoms with Gasteiger partial charge in [0.15, 0.2) is 0 Å². The second kappa shape index (κ2) is 10.6. The molecule has 2 heteroatoms. The predicted octanol–water partition coefficient (Wildman–Crippen LogP) is 8.67. The van der Waals surface area contributed by atoms with E-state index < -0.39 is 11.8 Å². The minimum Gasteiger partial charge on any atom is -0.206 e. The maximum absolute atomic E-state index is 14.9. The van der Waals surface area contributed by atoms with Crippen LogP contribution in [-0.4, -0.2) is 5.92 Å². The molecule has 0 atom stereocenters. The molecule has 2 fully saturated rings. The van der Waals surface area contributed by atoms with E-state index in [1.54, 1.807) is 6.08 Å². The summed E-state index contributed by atoms with van der Waals surface area (Å²) >= 11 is 0. The average molecular weight is 391 g/mol. The molecule has 0 bridgehead atoms. The Kier molecular flexibility index (Phi) is 8.71. The van der Waals surface area contributed by atoms with E-state index in [1.165, 1.54) is 25.7 Å². The number of hydrogen-bond donors (Lipinski definition) is 0. The number of hydrogen-bond acceptors (Lipinski definition) is 0. The van der Waals surface area contributed by atoms with Crippen LogP contribution in [0.1, 0.15) is 85.0 Å². The molecule has 0 aromatic carbocycles. The normalized spacial score (nSPS) is 29.8. The van der Waals surface area contributed by atoms with Crippen molar-refractivity contribution >= 4 is 0 Å². The molecule has 0 aliphatic heterocycles. The molecule has 0 unspecified atom stereocenters. The van der Waals surface area contributed by atoms with Crippen molar-refractivity contribution in [3.63, 3.8) is 0 Å². The van der Waals surface area contributed by atoms with Crippen LogP contribution in [0.2, 0.25) is 0 Å². The first-order valence-electron chi connectivity index (χ1n) is 11.2. The Labute approximate surface area is 171 Å². The van der Waals surface area contributed by atoms with Crippen molar-refractivity contribution < 1.29 is 8.78 Å². The number of alkyl halides is 2. The Morgan fingerprint density at radius 1 is 0.929 bits per heavy atom. The van der Waals surface area contributed by atoms with Gasteiger partial charge in [0.05, 0.1) is 0 Å². The van der Waals surface area contributed by atoms with Gasteiger partial charge >= 0.3 is 0 Å². The Morgan fingerprint density at radius 3 is 1.96 bits per heavy atom. The lowest BCUT2D eigenvalue weighted by molar-refractivity contribution is -0.0768. The molecule has 0 radical (unpaired) electrons. The molecule has 2 saturated carbocycles. The van der Waals surface area contributed by atoms with E-state index in [2.05, 4.69) is 20.1 Å². The molecule has 0 heterocycles. The van der Waals surface area contributed by atoms with Crippen LogP contribution in [0, 0.1) is 23.7 Å². The molecule has 28 heavy (non-hydrogen) atoms. The fourth-order valence-corrected chi connectivity index (χ4v) is 5.11. The second-order valence-corrected chi connectivity index (χ2v) is 9.56. The minimum absolute atomic E-state index is 0.218. The Hall–Kier alpha value is -1.18. The van der Waals surface area contributed by atoms with E-state index >= 15 is 0 Å². The van der Waals surface area contributed by atoms with Gasteiger partial charge in [-0.2, -0.15) is 0 Å². The maximum Gasteiger partial charge on any atom is 0.254 e. The smallest absolute Gasteiger partial charge is 0.206 e. The van der Waals surface area contributed by atoms with Gasteiger partial charge in [0.25, 0.3) is 5.92 Å². The third-order valence-electron chi connectivity index (χ3n) is 6.97. The van der Waals surface area contributed by atoms with Crippen molar-refractivity contribution in [3.05, 3.63) is 48.1 Å². The summed E-state index contributed by atoms with van der Waals surface area (Å²) in [6.45, 7) is 14.1. The summed E-state index contributed by atoms with van der Waals surface area (Å²) < 4.78 is 29.7. The highest BCUT2D eigenvalue weighted by Crippen LogP contribution is 2.46. The predicted molar refractivity (Wildman–Crippen MR) is 118 cm³/mol. The van der Waals surface area contributed by atoms with E-state index in [1.807, 2.05) is 26.0 Å². The monoisotopic (exact) mass is 390 g/mol. The average Bonchev–Trinajstić information content (AvgIpc) is 2.65. The summed E-state index contributed by atoms with van der Waals surface area (Å²) in [6, 6.07) is 0. The van der Waals surface area contributed by atoms with Crippen LogP contribution in [0.4, 0.5) is 8.78 Å². The van der Waals surface area contributed by atoms with Gasteiger partial charge < -0.3 is 0 Å². The van der Waals surface area contributed by atoms with Gasteiger partial charge in [0.2, 0.25) is 0 Å². The summed E-state index contributed by atoms with van der Waals surface area (Å²) in [7, 11) is 0. The van der Waals surface area contributed by atoms with Crippen molar-refractivity contribution in [2.45, 2.75) is 90.9 Å². The molecular weight excluding hydrogens is 350 g/mol. The zero-order chi connectivity index (χ0) is 20.7. The van der Waals surface area contributed by atoms with Gasteiger partial charge in [-0.3, -0.25) is 0 Å². The Bertz CT molecular complexity index is 580. The Balaban J connectivity index is 1.82. The lowest BCUT2D eigenvalue weighted by Gasteiger charge is -2.39. The van der Waals surface area contributed by atoms with Gasteiger partial charge in [0.1, 0.15) is 0 Å². The quantitative estimate of drug-likeness (QED) is 0.287. The molecule has 0 N–H and O–H groups in total. The van der Waals surface area contributed by atoms with Crippen LogP contribution in [0.15, 0.2) is 48.1 Å². The molecule has 0 spiro atoms. The largest absolute Gasteiger partial charge is 0.254 e. The molecule has 2 rings (SSSR count). The van der Waals surface area contributed by atoms with Crippen molar-refractivity contribution in [2.75, 3.05) is 0 Å². The van der Waals surface area contributed by atoms with Crippen LogP contribution >= 0.6 is 0 Å². The third kappa shape index (κ3) is 7.01. The summed E-state index contributed by atoms with van der Waals surface area (Å²) in [5, 5.41) is 0. The SMILES string of the molecule is C=C(C)CC(/C=C\C(=C)CC(F)(F)C1CCC(C2CCC(C)CC2)CC1)=C/C. The molecule has 0 saturated heterocycles. The molecule has 158 valence electrons. The summed E-state index contributed by atoms with van der Waals surface area (Å²) in [4.78, 5) is 0. The summed E-state index contributed by atoms with van der Waals surface area (Å²) in [6.07, 6.45) is 14.8. The highest BCUT2D eigenvalue weighted by molar-refractivity contribution is 5.29. The van der Waals surface area contributed by atoms with Crippen LogP contribution in [0.25, 0.3) is 0 Å². The van der Waals surface area contributed by atoms with E-state index in [9.17, 15) is 8.78 Å². The number of rotatable bonds is 8. The molecule has 0 aromatic heterocycles. The lowest BCUT2D eigenvalue weighted by atomic mass is 9.68. The highest BCUT2D eigenvalue weighted by atomic mass is 19.3. The first kappa shape index (κ1) is 23.1. The van der Waals surface area contributed by atoms with Crippen LogP contribution < -0.4 is 0 Å². The van der Waals surface area contributed by atoms with E-state index in [4.69, 9.17) is 0 Å². The number of halogens is 2. The molecule has 0 nitrogen and oxygen atoms in total. The fraction of sp³-hybridized carbons (Fsp3) is 0.692. The standard InChI is InChI=1S/C26H40F2/c1-6-22(17-19(2)3)10-7-21(5)18-26(27,28)25-15-13-24(14-16-25)23-11-8-20(4)9-12-23/h6-7,10,20,23-25H,2,5,8-9,11-18H2,1,3-4H3/b10-7-,22-6+.